The van der Waals surface area contributed by atoms with Crippen molar-refractivity contribution in [2.75, 3.05) is 0 Å². The van der Waals surface area contributed by atoms with E-state index in [2.05, 4.69) is 21.2 Å². The van der Waals surface area contributed by atoms with Crippen LogP contribution in [0.4, 0.5) is 4.39 Å². The molecule has 2 aromatic carbocycles. The van der Waals surface area contributed by atoms with Gasteiger partial charge in [-0.3, -0.25) is 4.79 Å². The number of aryl methyl sites for hydroxylation is 1. The summed E-state index contributed by atoms with van der Waals surface area (Å²) in [6, 6.07) is 12.2. The number of hydrogen-bond acceptors (Lipinski definition) is 1. The number of nitrogens with one attached hydrogen (secondary N) is 1. The maximum absolute atomic E-state index is 13.3. The van der Waals surface area contributed by atoms with Crippen LogP contribution in [0.5, 0.6) is 0 Å². The summed E-state index contributed by atoms with van der Waals surface area (Å²) < 4.78 is 14.3. The highest BCUT2D eigenvalue weighted by molar-refractivity contribution is 9.10. The van der Waals surface area contributed by atoms with E-state index in [0.717, 1.165) is 10.0 Å². The molecule has 0 aromatic heterocycles. The van der Waals surface area contributed by atoms with Crippen LogP contribution >= 0.6 is 15.9 Å². The lowest BCUT2D eigenvalue weighted by molar-refractivity contribution is 0.0912. The summed E-state index contributed by atoms with van der Waals surface area (Å²) in [5.74, 6) is -0.523. The molecule has 21 heavy (non-hydrogen) atoms. The number of benzene rings is 2. The van der Waals surface area contributed by atoms with E-state index in [-0.39, 0.29) is 11.7 Å². The van der Waals surface area contributed by atoms with Gasteiger partial charge in [0.2, 0.25) is 0 Å². The van der Waals surface area contributed by atoms with E-state index in [1.807, 2.05) is 38.1 Å². The zero-order valence-corrected chi connectivity index (χ0v) is 13.8. The first kappa shape index (κ1) is 15.7. The Bertz CT molecular complexity index is 665. The number of carbonyl (C=O) groups is 1. The second-order valence-electron chi connectivity index (χ2n) is 5.55. The minimum atomic E-state index is -0.514. The Balaban J connectivity index is 2.21. The smallest absolute Gasteiger partial charge is 0.251 e. The lowest BCUT2D eigenvalue weighted by Gasteiger charge is -2.27. The molecular formula is C17H17BrFNO. The van der Waals surface area contributed by atoms with Crippen molar-refractivity contribution in [3.8, 4) is 0 Å². The SMILES string of the molecule is Cc1cc(C(=O)NC(C)(C)c2ccc(Br)cc2)ccc1F. The molecule has 110 valence electrons. The molecule has 1 N–H and O–H groups in total. The Morgan fingerprint density at radius 3 is 2.33 bits per heavy atom. The molecule has 0 saturated carbocycles. The molecule has 0 spiro atoms. The number of halogens is 2. The molecule has 0 bridgehead atoms. The Hall–Kier alpha value is -1.68. The third kappa shape index (κ3) is 3.70. The Morgan fingerprint density at radius 1 is 1.14 bits per heavy atom. The zero-order valence-electron chi connectivity index (χ0n) is 12.2. The van der Waals surface area contributed by atoms with Crippen molar-refractivity contribution in [3.05, 3.63) is 69.4 Å². The molecule has 0 atom stereocenters. The fraction of sp³-hybridized carbons (Fsp3) is 0.235. The molecule has 2 nitrogen and oxygen atoms in total. The van der Waals surface area contributed by atoms with Crippen molar-refractivity contribution in [1.82, 2.24) is 5.32 Å². The first-order chi connectivity index (χ1) is 9.79. The van der Waals surface area contributed by atoms with Crippen LogP contribution in [0.3, 0.4) is 0 Å². The Morgan fingerprint density at radius 2 is 1.76 bits per heavy atom. The van der Waals surface area contributed by atoms with Crippen molar-refractivity contribution in [1.29, 1.82) is 0 Å². The van der Waals surface area contributed by atoms with E-state index in [1.165, 1.54) is 12.1 Å². The molecule has 2 aromatic rings. The first-order valence-corrected chi connectivity index (χ1v) is 7.43. The number of carbonyl (C=O) groups excluding carboxylic acids is 1. The normalized spacial score (nSPS) is 11.3. The lowest BCUT2D eigenvalue weighted by Crippen LogP contribution is -2.41. The minimum Gasteiger partial charge on any atom is -0.343 e. The van der Waals surface area contributed by atoms with E-state index in [1.54, 1.807) is 13.0 Å². The number of hydrogen-bond donors (Lipinski definition) is 1. The van der Waals surface area contributed by atoms with Gasteiger partial charge in [-0.25, -0.2) is 4.39 Å². The maximum atomic E-state index is 13.3. The molecule has 1 amide bonds. The van der Waals surface area contributed by atoms with Crippen LogP contribution in [-0.4, -0.2) is 5.91 Å². The molecule has 4 heteroatoms. The topological polar surface area (TPSA) is 29.1 Å². The van der Waals surface area contributed by atoms with Gasteiger partial charge in [0.15, 0.2) is 0 Å². The van der Waals surface area contributed by atoms with E-state index < -0.39 is 5.54 Å². The maximum Gasteiger partial charge on any atom is 0.251 e. The third-order valence-corrected chi connectivity index (χ3v) is 3.94. The average Bonchev–Trinajstić information content (AvgIpc) is 2.41. The van der Waals surface area contributed by atoms with Crippen molar-refractivity contribution >= 4 is 21.8 Å². The summed E-state index contributed by atoms with van der Waals surface area (Å²) in [6.45, 7) is 5.51. The molecule has 0 aliphatic carbocycles. The molecule has 0 unspecified atom stereocenters. The van der Waals surface area contributed by atoms with Crippen LogP contribution in [0.25, 0.3) is 0 Å². The van der Waals surface area contributed by atoms with E-state index in [9.17, 15) is 9.18 Å². The Kier molecular flexibility index (Phi) is 4.47. The van der Waals surface area contributed by atoms with Crippen molar-refractivity contribution in [2.45, 2.75) is 26.3 Å². The van der Waals surface area contributed by atoms with Crippen LogP contribution in [0.2, 0.25) is 0 Å². The molecular weight excluding hydrogens is 333 g/mol. The monoisotopic (exact) mass is 349 g/mol. The summed E-state index contributed by atoms with van der Waals surface area (Å²) in [5, 5.41) is 2.98. The van der Waals surface area contributed by atoms with Gasteiger partial charge in [0.05, 0.1) is 5.54 Å². The standard InChI is InChI=1S/C17H17BrFNO/c1-11-10-12(4-9-15(11)19)16(21)20-17(2,3)13-5-7-14(18)8-6-13/h4-10H,1-3H3,(H,20,21). The van der Waals surface area contributed by atoms with Crippen LogP contribution < -0.4 is 5.32 Å². The molecule has 0 saturated heterocycles. The predicted molar refractivity (Wildman–Crippen MR) is 85.8 cm³/mol. The van der Waals surface area contributed by atoms with Gasteiger partial charge in [-0.15, -0.1) is 0 Å². The van der Waals surface area contributed by atoms with Crippen LogP contribution in [-0.2, 0) is 5.54 Å². The first-order valence-electron chi connectivity index (χ1n) is 6.64. The lowest BCUT2D eigenvalue weighted by atomic mass is 9.94. The van der Waals surface area contributed by atoms with E-state index in [4.69, 9.17) is 0 Å². The summed E-state index contributed by atoms with van der Waals surface area (Å²) >= 11 is 3.39. The van der Waals surface area contributed by atoms with E-state index >= 15 is 0 Å². The van der Waals surface area contributed by atoms with Gasteiger partial charge in [-0.2, -0.15) is 0 Å². The number of amides is 1. The molecule has 0 radical (unpaired) electrons. The molecule has 0 aliphatic heterocycles. The van der Waals surface area contributed by atoms with Gasteiger partial charge < -0.3 is 5.32 Å². The number of rotatable bonds is 3. The fourth-order valence-corrected chi connectivity index (χ4v) is 2.34. The summed E-state index contributed by atoms with van der Waals surface area (Å²) in [7, 11) is 0. The fourth-order valence-electron chi connectivity index (χ4n) is 2.08. The predicted octanol–water partition coefficient (Wildman–Crippen LogP) is 4.56. The highest BCUT2D eigenvalue weighted by Crippen LogP contribution is 2.23. The molecule has 0 heterocycles. The quantitative estimate of drug-likeness (QED) is 0.864. The van der Waals surface area contributed by atoms with Crippen molar-refractivity contribution in [2.24, 2.45) is 0 Å². The summed E-state index contributed by atoms with van der Waals surface area (Å²) in [4.78, 5) is 12.3. The van der Waals surface area contributed by atoms with Gasteiger partial charge in [0.1, 0.15) is 5.82 Å². The molecule has 2 rings (SSSR count). The van der Waals surface area contributed by atoms with E-state index in [0.29, 0.717) is 11.1 Å². The Labute approximate surface area is 132 Å². The second kappa shape index (κ2) is 5.98. The summed E-state index contributed by atoms with van der Waals surface area (Å²) in [6.07, 6.45) is 0. The zero-order chi connectivity index (χ0) is 15.6. The van der Waals surface area contributed by atoms with Gasteiger partial charge in [0, 0.05) is 10.0 Å². The largest absolute Gasteiger partial charge is 0.343 e. The highest BCUT2D eigenvalue weighted by atomic mass is 79.9. The minimum absolute atomic E-state index is 0.217. The molecule has 0 fully saturated rings. The highest BCUT2D eigenvalue weighted by Gasteiger charge is 2.23. The van der Waals surface area contributed by atoms with Crippen molar-refractivity contribution < 1.29 is 9.18 Å². The van der Waals surface area contributed by atoms with Gasteiger partial charge in [-0.05, 0) is 62.2 Å². The van der Waals surface area contributed by atoms with Gasteiger partial charge >= 0.3 is 0 Å². The van der Waals surface area contributed by atoms with Crippen LogP contribution in [0.1, 0.15) is 35.3 Å². The molecule has 0 aliphatic rings. The average molecular weight is 350 g/mol. The van der Waals surface area contributed by atoms with Gasteiger partial charge in [0.25, 0.3) is 5.91 Å². The van der Waals surface area contributed by atoms with Crippen LogP contribution in [0, 0.1) is 12.7 Å². The summed E-state index contributed by atoms with van der Waals surface area (Å²) in [5.41, 5.74) is 1.40. The second-order valence-corrected chi connectivity index (χ2v) is 6.47. The third-order valence-electron chi connectivity index (χ3n) is 3.41. The van der Waals surface area contributed by atoms with Crippen LogP contribution in [0.15, 0.2) is 46.9 Å². The van der Waals surface area contributed by atoms with Gasteiger partial charge in [-0.1, -0.05) is 28.1 Å². The van der Waals surface area contributed by atoms with Crippen molar-refractivity contribution in [3.63, 3.8) is 0 Å².